The SMILES string of the molecule is COc1ccccc1[C@@H]1C2=C(CNC2=O)N[C@@H]2CCCC[C@H]2N1C(=O)Cn1cc(Cl)ccc1=O. The van der Waals surface area contributed by atoms with Gasteiger partial charge in [-0.3, -0.25) is 14.4 Å². The average molecular weight is 483 g/mol. The van der Waals surface area contributed by atoms with E-state index in [9.17, 15) is 14.4 Å². The van der Waals surface area contributed by atoms with Crippen LogP contribution < -0.4 is 20.9 Å². The lowest BCUT2D eigenvalue weighted by Crippen LogP contribution is -2.54. The van der Waals surface area contributed by atoms with E-state index < -0.39 is 6.04 Å². The molecule has 9 heteroatoms. The van der Waals surface area contributed by atoms with Crippen molar-refractivity contribution in [2.75, 3.05) is 13.7 Å². The molecule has 1 aromatic heterocycles. The number of rotatable bonds is 4. The summed E-state index contributed by atoms with van der Waals surface area (Å²) in [4.78, 5) is 41.4. The summed E-state index contributed by atoms with van der Waals surface area (Å²) in [6.45, 7) is 0.233. The van der Waals surface area contributed by atoms with Gasteiger partial charge in [0.1, 0.15) is 12.3 Å². The Hall–Kier alpha value is -3.26. The second-order valence-corrected chi connectivity index (χ2v) is 9.37. The summed E-state index contributed by atoms with van der Waals surface area (Å²) in [5.41, 5.74) is 1.80. The standard InChI is InChI=1S/C25H27ClN4O4/c1-34-20-9-5-2-6-16(20)24-23-18(12-27-25(23)33)28-17-7-3-4-8-19(17)30(24)22(32)14-29-13-15(26)10-11-21(29)31/h2,5-6,9-11,13,17,19,24,28H,3-4,7-8,12,14H2,1H3,(H,27,33)/t17-,19-,24-/m1/s1. The lowest BCUT2D eigenvalue weighted by atomic mass is 9.87. The zero-order valence-corrected chi connectivity index (χ0v) is 19.7. The van der Waals surface area contributed by atoms with Gasteiger partial charge in [-0.05, 0) is 25.0 Å². The van der Waals surface area contributed by atoms with Gasteiger partial charge >= 0.3 is 0 Å². The van der Waals surface area contributed by atoms with Crippen molar-refractivity contribution in [3.63, 3.8) is 0 Å². The summed E-state index contributed by atoms with van der Waals surface area (Å²) in [6.07, 6.45) is 5.21. The highest BCUT2D eigenvalue weighted by atomic mass is 35.5. The minimum Gasteiger partial charge on any atom is -0.496 e. The molecular weight excluding hydrogens is 456 g/mol. The third-order valence-electron chi connectivity index (χ3n) is 6.97. The van der Waals surface area contributed by atoms with Crippen LogP contribution >= 0.6 is 11.6 Å². The monoisotopic (exact) mass is 482 g/mol. The van der Waals surface area contributed by atoms with Crippen molar-refractivity contribution in [2.45, 2.75) is 50.4 Å². The average Bonchev–Trinajstić information content (AvgIpc) is 3.11. The van der Waals surface area contributed by atoms with E-state index in [2.05, 4.69) is 10.6 Å². The van der Waals surface area contributed by atoms with E-state index in [4.69, 9.17) is 16.3 Å². The third-order valence-corrected chi connectivity index (χ3v) is 7.19. The van der Waals surface area contributed by atoms with Gasteiger partial charge in [-0.1, -0.05) is 42.6 Å². The molecule has 3 atom stereocenters. The second-order valence-electron chi connectivity index (χ2n) is 8.94. The van der Waals surface area contributed by atoms with Crippen LogP contribution in [0, 0.1) is 0 Å². The number of halogens is 1. The molecule has 8 nitrogen and oxygen atoms in total. The maximum absolute atomic E-state index is 14.0. The Labute approximate surface area is 202 Å². The Balaban J connectivity index is 1.66. The molecule has 1 saturated carbocycles. The molecule has 0 spiro atoms. The number of carbonyl (C=O) groups excluding carboxylic acids is 2. The first-order valence-electron chi connectivity index (χ1n) is 11.6. The van der Waals surface area contributed by atoms with Gasteiger partial charge in [0.25, 0.3) is 11.5 Å². The summed E-state index contributed by atoms with van der Waals surface area (Å²) in [6, 6.07) is 9.58. The summed E-state index contributed by atoms with van der Waals surface area (Å²) < 4.78 is 6.98. The number of methoxy groups -OCH3 is 1. The maximum Gasteiger partial charge on any atom is 0.251 e. The fraction of sp³-hybridized carbons (Fsp3) is 0.400. The number of para-hydroxylation sites is 1. The Morgan fingerprint density at radius 3 is 2.76 bits per heavy atom. The number of aromatic nitrogens is 1. The summed E-state index contributed by atoms with van der Waals surface area (Å²) in [5.74, 6) is 0.160. The fourth-order valence-corrected chi connectivity index (χ4v) is 5.64. The maximum atomic E-state index is 14.0. The van der Waals surface area contributed by atoms with Crippen molar-refractivity contribution < 1.29 is 14.3 Å². The van der Waals surface area contributed by atoms with E-state index in [-0.39, 0.29) is 36.0 Å². The van der Waals surface area contributed by atoms with Crippen LogP contribution in [0.2, 0.25) is 5.02 Å². The highest BCUT2D eigenvalue weighted by Gasteiger charge is 2.46. The summed E-state index contributed by atoms with van der Waals surface area (Å²) >= 11 is 6.11. The fourth-order valence-electron chi connectivity index (χ4n) is 5.46. The van der Waals surface area contributed by atoms with Crippen molar-refractivity contribution in [1.29, 1.82) is 0 Å². The van der Waals surface area contributed by atoms with Crippen LogP contribution in [-0.2, 0) is 16.1 Å². The number of hydrogen-bond acceptors (Lipinski definition) is 5. The highest BCUT2D eigenvalue weighted by molar-refractivity contribution is 6.30. The number of benzene rings is 1. The van der Waals surface area contributed by atoms with Crippen molar-refractivity contribution in [2.24, 2.45) is 0 Å². The number of nitrogens with one attached hydrogen (secondary N) is 2. The van der Waals surface area contributed by atoms with Gasteiger partial charge in [0.15, 0.2) is 0 Å². The Morgan fingerprint density at radius 1 is 1.15 bits per heavy atom. The molecule has 2 amide bonds. The van der Waals surface area contributed by atoms with Crippen LogP contribution in [0.15, 0.2) is 58.7 Å². The minimum atomic E-state index is -0.642. The van der Waals surface area contributed by atoms with Crippen molar-refractivity contribution >= 4 is 23.4 Å². The lowest BCUT2D eigenvalue weighted by molar-refractivity contribution is -0.138. The van der Waals surface area contributed by atoms with Crippen LogP contribution in [-0.4, -0.2) is 47.0 Å². The number of pyridine rings is 1. The van der Waals surface area contributed by atoms with E-state index in [0.29, 0.717) is 22.9 Å². The van der Waals surface area contributed by atoms with Crippen molar-refractivity contribution in [3.05, 3.63) is 74.8 Å². The van der Waals surface area contributed by atoms with Gasteiger partial charge in [0.2, 0.25) is 5.91 Å². The van der Waals surface area contributed by atoms with Crippen molar-refractivity contribution in [1.82, 2.24) is 20.1 Å². The first-order chi connectivity index (χ1) is 16.5. The van der Waals surface area contributed by atoms with E-state index in [1.165, 1.54) is 22.9 Å². The lowest BCUT2D eigenvalue weighted by Gasteiger charge is -2.43. The zero-order valence-electron chi connectivity index (χ0n) is 18.9. The van der Waals surface area contributed by atoms with Crippen LogP contribution in [0.4, 0.5) is 0 Å². The van der Waals surface area contributed by atoms with Gasteiger partial charge in [-0.15, -0.1) is 0 Å². The first kappa shape index (κ1) is 22.5. The molecule has 1 aromatic carbocycles. The van der Waals surface area contributed by atoms with Crippen LogP contribution in [0.1, 0.15) is 37.3 Å². The van der Waals surface area contributed by atoms with Gasteiger partial charge < -0.3 is 24.8 Å². The molecule has 1 fully saturated rings. The largest absolute Gasteiger partial charge is 0.496 e. The molecule has 178 valence electrons. The van der Waals surface area contributed by atoms with E-state index >= 15 is 0 Å². The number of amides is 2. The molecule has 5 rings (SSSR count). The zero-order chi connectivity index (χ0) is 23.8. The normalized spacial score (nSPS) is 24.0. The predicted molar refractivity (Wildman–Crippen MR) is 128 cm³/mol. The number of nitrogens with zero attached hydrogens (tertiary/aromatic N) is 2. The van der Waals surface area contributed by atoms with Gasteiger partial charge in [0, 0.05) is 29.6 Å². The molecular formula is C25H27ClN4O4. The molecule has 3 aliphatic rings. The Morgan fingerprint density at radius 2 is 1.94 bits per heavy atom. The molecule has 1 aliphatic carbocycles. The molecule has 0 saturated heterocycles. The first-order valence-corrected chi connectivity index (χ1v) is 11.9. The van der Waals surface area contributed by atoms with Gasteiger partial charge in [0.05, 0.1) is 36.3 Å². The summed E-state index contributed by atoms with van der Waals surface area (Å²) in [7, 11) is 1.58. The van der Waals surface area contributed by atoms with Crippen LogP contribution in [0.3, 0.4) is 0 Å². The quantitative estimate of drug-likeness (QED) is 0.698. The van der Waals surface area contributed by atoms with Crippen LogP contribution in [0.25, 0.3) is 0 Å². The number of fused-ring (bicyclic) bond motifs is 1. The Kier molecular flexibility index (Phi) is 6.08. The highest BCUT2D eigenvalue weighted by Crippen LogP contribution is 2.43. The molecule has 34 heavy (non-hydrogen) atoms. The third kappa shape index (κ3) is 3.96. The molecule has 0 bridgehead atoms. The number of carbonyl (C=O) groups is 2. The molecule has 2 aliphatic heterocycles. The van der Waals surface area contributed by atoms with Crippen molar-refractivity contribution in [3.8, 4) is 5.75 Å². The molecule has 2 aromatic rings. The predicted octanol–water partition coefficient (Wildman–Crippen LogP) is 2.38. The number of hydrogen-bond donors (Lipinski definition) is 2. The molecule has 0 unspecified atom stereocenters. The number of ether oxygens (including phenoxy) is 1. The smallest absolute Gasteiger partial charge is 0.251 e. The van der Waals surface area contributed by atoms with E-state index in [1.54, 1.807) is 7.11 Å². The topological polar surface area (TPSA) is 92.7 Å². The van der Waals surface area contributed by atoms with E-state index in [1.807, 2.05) is 29.2 Å². The molecule has 3 heterocycles. The van der Waals surface area contributed by atoms with Crippen LogP contribution in [0.5, 0.6) is 5.75 Å². The molecule has 0 radical (unpaired) electrons. The van der Waals surface area contributed by atoms with Gasteiger partial charge in [-0.2, -0.15) is 0 Å². The molecule has 2 N–H and O–H groups in total. The van der Waals surface area contributed by atoms with Gasteiger partial charge in [-0.25, -0.2) is 0 Å². The van der Waals surface area contributed by atoms with E-state index in [0.717, 1.165) is 36.9 Å². The Bertz CT molecular complexity index is 1220. The minimum absolute atomic E-state index is 0.0196. The summed E-state index contributed by atoms with van der Waals surface area (Å²) in [5, 5.41) is 6.89. The second kappa shape index (κ2) is 9.18.